The zero-order chi connectivity index (χ0) is 32.5. The zero-order valence-electron chi connectivity index (χ0n) is 25.1. The van der Waals surface area contributed by atoms with Crippen molar-refractivity contribution in [1.82, 2.24) is 35.0 Å². The van der Waals surface area contributed by atoms with E-state index in [9.17, 15) is 27.6 Å². The predicted molar refractivity (Wildman–Crippen MR) is 153 cm³/mol. The largest absolute Gasteiger partial charge is 0.452 e. The molecule has 0 aliphatic rings. The lowest BCUT2D eigenvalue weighted by molar-refractivity contribution is -0.141. The van der Waals surface area contributed by atoms with E-state index in [4.69, 9.17) is 0 Å². The molecule has 0 saturated carbocycles. The average Bonchev–Trinajstić information content (AvgIpc) is 3.50. The van der Waals surface area contributed by atoms with Gasteiger partial charge in [0.1, 0.15) is 5.69 Å². The van der Waals surface area contributed by atoms with Crippen LogP contribution in [-0.4, -0.2) is 61.6 Å². The third-order valence-electron chi connectivity index (χ3n) is 6.94. The van der Waals surface area contributed by atoms with Crippen molar-refractivity contribution in [3.05, 3.63) is 87.1 Å². The summed E-state index contributed by atoms with van der Waals surface area (Å²) in [6, 6.07) is 8.23. The molecule has 0 unspecified atom stereocenters. The maximum Gasteiger partial charge on any atom is 0.435 e. The van der Waals surface area contributed by atoms with E-state index in [0.29, 0.717) is 22.6 Å². The van der Waals surface area contributed by atoms with Crippen molar-refractivity contribution in [2.24, 2.45) is 0 Å². The van der Waals surface area contributed by atoms with Gasteiger partial charge in [-0.1, -0.05) is 12.1 Å². The fourth-order valence-corrected chi connectivity index (χ4v) is 4.63. The number of halogens is 3. The summed E-state index contributed by atoms with van der Waals surface area (Å²) in [6.07, 6.45) is -3.91. The summed E-state index contributed by atoms with van der Waals surface area (Å²) >= 11 is 0. The van der Waals surface area contributed by atoms with Gasteiger partial charge >= 0.3 is 12.3 Å². The van der Waals surface area contributed by atoms with Crippen LogP contribution in [0.15, 0.2) is 36.5 Å². The van der Waals surface area contributed by atoms with Gasteiger partial charge in [0.05, 0.1) is 30.6 Å². The quantitative estimate of drug-likeness (QED) is 0.302. The Balaban J connectivity index is 1.76. The zero-order valence-corrected chi connectivity index (χ0v) is 25.1. The summed E-state index contributed by atoms with van der Waals surface area (Å²) in [6.45, 7) is 7.96. The molecule has 0 saturated heterocycles. The molecule has 3 amide bonds. The highest BCUT2D eigenvalue weighted by Crippen LogP contribution is 2.32. The van der Waals surface area contributed by atoms with Gasteiger partial charge in [0.15, 0.2) is 11.5 Å². The number of nitrogens with one attached hydrogen (secondary N) is 2. The number of benzene rings is 1. The fourth-order valence-electron chi connectivity index (χ4n) is 4.63. The monoisotopic (exact) mass is 612 g/mol. The number of carbonyl (C=O) groups excluding carboxylic acids is 3. The summed E-state index contributed by atoms with van der Waals surface area (Å²) in [7, 11) is 2.47. The first-order valence-electron chi connectivity index (χ1n) is 13.3. The van der Waals surface area contributed by atoms with Gasteiger partial charge in [0.2, 0.25) is 0 Å². The Morgan fingerprint density at radius 2 is 1.70 bits per heavy atom. The Kier molecular flexibility index (Phi) is 8.78. The Bertz CT molecular complexity index is 1760. The molecule has 44 heavy (non-hydrogen) atoms. The van der Waals surface area contributed by atoms with Gasteiger partial charge in [-0.25, -0.2) is 19.5 Å². The smallest absolute Gasteiger partial charge is 0.435 e. The average molecular weight is 613 g/mol. The minimum absolute atomic E-state index is 0.00559. The SMILES string of the molecule is COC(=O)N(C)NC(=O)c1cc(C)cc(C)c1NC(=O)c1cc(Cn2nc(C(F)(F)F)c(C)c2C)nn1-c1ncccc1C. The van der Waals surface area contributed by atoms with Gasteiger partial charge < -0.3 is 10.1 Å². The Hall–Kier alpha value is -5.21. The van der Waals surface area contributed by atoms with Gasteiger partial charge in [-0.3, -0.25) is 19.7 Å². The first-order valence-corrected chi connectivity index (χ1v) is 13.3. The van der Waals surface area contributed by atoms with Crippen LogP contribution in [-0.2, 0) is 17.5 Å². The summed E-state index contributed by atoms with van der Waals surface area (Å²) in [5.74, 6) is -1.02. The molecule has 232 valence electrons. The number of anilines is 1. The highest BCUT2D eigenvalue weighted by atomic mass is 19.4. The van der Waals surface area contributed by atoms with E-state index in [1.807, 2.05) is 0 Å². The van der Waals surface area contributed by atoms with Crippen LogP contribution < -0.4 is 10.7 Å². The molecule has 12 nitrogen and oxygen atoms in total. The third kappa shape index (κ3) is 6.40. The maximum atomic E-state index is 13.8. The number of nitrogens with zero attached hydrogens (tertiary/aromatic N) is 6. The van der Waals surface area contributed by atoms with Crippen LogP contribution in [0.3, 0.4) is 0 Å². The molecule has 1 aromatic carbocycles. The predicted octanol–water partition coefficient (Wildman–Crippen LogP) is 4.67. The molecular formula is C29H31F3N8O4. The summed E-state index contributed by atoms with van der Waals surface area (Å²) in [5, 5.41) is 11.9. The van der Waals surface area contributed by atoms with Gasteiger partial charge in [-0.15, -0.1) is 0 Å². The first-order chi connectivity index (χ1) is 20.6. The number of ether oxygens (including phenoxy) is 1. The molecule has 0 aliphatic carbocycles. The molecule has 2 N–H and O–H groups in total. The normalized spacial score (nSPS) is 11.3. The van der Waals surface area contributed by atoms with Crippen LogP contribution in [0.5, 0.6) is 0 Å². The van der Waals surface area contributed by atoms with Crippen LogP contribution in [0.1, 0.15) is 60.2 Å². The van der Waals surface area contributed by atoms with Gasteiger partial charge in [-0.2, -0.15) is 23.4 Å². The van der Waals surface area contributed by atoms with E-state index in [2.05, 4.69) is 30.7 Å². The lowest BCUT2D eigenvalue weighted by atomic mass is 10.0. The Labute approximate surface area is 250 Å². The second-order valence-electron chi connectivity index (χ2n) is 10.2. The number of pyridine rings is 1. The molecule has 0 spiro atoms. The number of carbonyl (C=O) groups is 3. The molecule has 0 aliphatic heterocycles. The second-order valence-corrected chi connectivity index (χ2v) is 10.2. The molecule has 0 fully saturated rings. The number of amides is 3. The van der Waals surface area contributed by atoms with Crippen molar-refractivity contribution >= 4 is 23.6 Å². The Morgan fingerprint density at radius 1 is 1.00 bits per heavy atom. The van der Waals surface area contributed by atoms with Crippen molar-refractivity contribution < 1.29 is 32.3 Å². The molecule has 15 heteroatoms. The number of hydrogen-bond donors (Lipinski definition) is 2. The number of aromatic nitrogens is 5. The molecule has 4 rings (SSSR count). The van der Waals surface area contributed by atoms with Crippen molar-refractivity contribution in [1.29, 1.82) is 0 Å². The number of aryl methyl sites for hydroxylation is 3. The third-order valence-corrected chi connectivity index (χ3v) is 6.94. The number of hydrogen-bond acceptors (Lipinski definition) is 7. The van der Waals surface area contributed by atoms with E-state index in [-0.39, 0.29) is 34.7 Å². The molecule has 4 aromatic rings. The number of alkyl halides is 3. The van der Waals surface area contributed by atoms with E-state index in [1.54, 1.807) is 45.0 Å². The molecule has 0 bridgehead atoms. The lowest BCUT2D eigenvalue weighted by Crippen LogP contribution is -2.43. The minimum atomic E-state index is -4.63. The highest BCUT2D eigenvalue weighted by Gasteiger charge is 2.37. The summed E-state index contributed by atoms with van der Waals surface area (Å²) < 4.78 is 47.6. The highest BCUT2D eigenvalue weighted by molar-refractivity contribution is 6.09. The van der Waals surface area contributed by atoms with Gasteiger partial charge in [0.25, 0.3) is 11.8 Å². The number of hydrazine groups is 1. The van der Waals surface area contributed by atoms with Crippen molar-refractivity contribution in [3.63, 3.8) is 0 Å². The van der Waals surface area contributed by atoms with Crippen LogP contribution in [0.4, 0.5) is 23.7 Å². The first kappa shape index (κ1) is 31.7. The maximum absolute atomic E-state index is 13.8. The molecule has 0 atom stereocenters. The van der Waals surface area contributed by atoms with Crippen molar-refractivity contribution in [2.75, 3.05) is 19.5 Å². The number of methoxy groups -OCH3 is 1. The summed E-state index contributed by atoms with van der Waals surface area (Å²) in [5.41, 5.74) is 4.19. The van der Waals surface area contributed by atoms with E-state index >= 15 is 0 Å². The molecule has 3 heterocycles. The van der Waals surface area contributed by atoms with Gasteiger partial charge in [-0.05, 0) is 69.5 Å². The Morgan fingerprint density at radius 3 is 2.32 bits per heavy atom. The van der Waals surface area contributed by atoms with Gasteiger partial charge in [0, 0.05) is 24.5 Å². The van der Waals surface area contributed by atoms with Crippen LogP contribution in [0.25, 0.3) is 5.82 Å². The topological polar surface area (TPSA) is 136 Å². The van der Waals surface area contributed by atoms with Crippen molar-refractivity contribution in [3.8, 4) is 5.82 Å². The number of rotatable bonds is 6. The molecule has 3 aromatic heterocycles. The van der Waals surface area contributed by atoms with E-state index in [1.165, 1.54) is 42.5 Å². The van der Waals surface area contributed by atoms with Crippen LogP contribution in [0, 0.1) is 34.6 Å². The van der Waals surface area contributed by atoms with E-state index < -0.39 is 29.8 Å². The van der Waals surface area contributed by atoms with Crippen LogP contribution >= 0.6 is 0 Å². The molecule has 0 radical (unpaired) electrons. The van der Waals surface area contributed by atoms with Crippen LogP contribution in [0.2, 0.25) is 0 Å². The second kappa shape index (κ2) is 12.2. The summed E-state index contributed by atoms with van der Waals surface area (Å²) in [4.78, 5) is 43.2. The minimum Gasteiger partial charge on any atom is -0.452 e. The van der Waals surface area contributed by atoms with Crippen molar-refractivity contribution in [2.45, 2.75) is 47.3 Å². The van der Waals surface area contributed by atoms with E-state index in [0.717, 1.165) is 17.7 Å². The molecular weight excluding hydrogens is 581 g/mol. The fraction of sp³-hybridized carbons (Fsp3) is 0.310. The standard InChI is InChI=1S/C29H31F3N8O4/c1-15-11-17(3)23(21(12-15)26(41)37-38(6)28(43)44-7)34-27(42)22-13-20(35-40(22)25-16(2)9-8-10-33-25)14-39-19(5)18(4)24(36-39)29(30,31)32/h8-13H,14H2,1-7H3,(H,34,42)(H,37,41). The lowest BCUT2D eigenvalue weighted by Gasteiger charge is -2.19.